The van der Waals surface area contributed by atoms with E-state index in [0.717, 1.165) is 34.9 Å². The van der Waals surface area contributed by atoms with E-state index >= 15 is 0 Å². The van der Waals surface area contributed by atoms with Gasteiger partial charge in [-0.25, -0.2) is 4.98 Å². The van der Waals surface area contributed by atoms with Crippen molar-refractivity contribution in [2.75, 3.05) is 5.32 Å². The molecule has 3 aromatic rings. The van der Waals surface area contributed by atoms with Gasteiger partial charge in [0.2, 0.25) is 0 Å². The number of thiazole rings is 1. The van der Waals surface area contributed by atoms with Gasteiger partial charge in [0, 0.05) is 10.9 Å². The number of anilines is 1. The third-order valence-corrected chi connectivity index (χ3v) is 5.99. The van der Waals surface area contributed by atoms with Gasteiger partial charge >= 0.3 is 0 Å². The summed E-state index contributed by atoms with van der Waals surface area (Å²) in [6.45, 7) is 1.96. The van der Waals surface area contributed by atoms with Gasteiger partial charge in [0.25, 0.3) is 5.91 Å². The molecule has 0 spiro atoms. The zero-order chi connectivity index (χ0) is 17.2. The monoisotopic (exact) mass is 370 g/mol. The maximum atomic E-state index is 12.4. The van der Waals surface area contributed by atoms with Crippen molar-refractivity contribution < 1.29 is 4.79 Å². The summed E-state index contributed by atoms with van der Waals surface area (Å²) in [5.41, 5.74) is 5.65. The molecular weight excluding hydrogens is 352 g/mol. The summed E-state index contributed by atoms with van der Waals surface area (Å²) in [7, 11) is 0. The Hall–Kier alpha value is -2.12. The number of carbonyl (C=O) groups is 1. The predicted molar refractivity (Wildman–Crippen MR) is 101 cm³/mol. The van der Waals surface area contributed by atoms with Gasteiger partial charge in [0.05, 0.1) is 11.4 Å². The lowest BCUT2D eigenvalue weighted by Crippen LogP contribution is -2.12. The molecule has 25 heavy (non-hydrogen) atoms. The summed E-state index contributed by atoms with van der Waals surface area (Å²) in [4.78, 5) is 17.5. The second kappa shape index (κ2) is 7.01. The first kappa shape index (κ1) is 16.4. The number of fused-ring (bicyclic) bond motifs is 1. The smallest absolute Gasteiger partial charge is 0.271 e. The minimum atomic E-state index is -0.182. The van der Waals surface area contributed by atoms with E-state index in [-0.39, 0.29) is 5.91 Å². The summed E-state index contributed by atoms with van der Waals surface area (Å²) in [5, 5.41) is 9.45. The molecule has 0 unspecified atom stereocenters. The Morgan fingerprint density at radius 3 is 2.92 bits per heavy atom. The average Bonchev–Trinajstić information content (AvgIpc) is 3.30. The Morgan fingerprint density at radius 2 is 2.08 bits per heavy atom. The van der Waals surface area contributed by atoms with Crippen LogP contribution >= 0.6 is 22.9 Å². The number of benzene rings is 1. The number of aryl methyl sites for hydroxylation is 3. The van der Waals surface area contributed by atoms with E-state index < -0.39 is 0 Å². The van der Waals surface area contributed by atoms with E-state index in [1.54, 1.807) is 0 Å². The Bertz CT molecular complexity index is 915. The minimum absolute atomic E-state index is 0.182. The highest BCUT2D eigenvalue weighted by atomic mass is 32.1. The van der Waals surface area contributed by atoms with Gasteiger partial charge in [-0.05, 0) is 60.8 Å². The fourth-order valence-electron chi connectivity index (χ4n) is 3.12. The number of hydrogen-bond donors (Lipinski definition) is 1. The molecule has 1 aromatic carbocycles. The Balaban J connectivity index is 1.53. The maximum absolute atomic E-state index is 12.4. The molecule has 0 atom stereocenters. The normalized spacial score (nSPS) is 13.5. The van der Waals surface area contributed by atoms with Gasteiger partial charge < -0.3 is 0 Å². The third kappa shape index (κ3) is 3.34. The molecule has 4 rings (SSSR count). The lowest BCUT2D eigenvalue weighted by molar-refractivity contribution is 0.102. The third-order valence-electron chi connectivity index (χ3n) is 4.47. The summed E-state index contributed by atoms with van der Waals surface area (Å²) in [6.07, 6.45) is 5.56. The number of nitrogens with zero attached hydrogens (tertiary/aromatic N) is 3. The zero-order valence-electron chi connectivity index (χ0n) is 13.9. The largest absolute Gasteiger partial charge is 0.297 e. The van der Waals surface area contributed by atoms with Crippen molar-refractivity contribution in [3.05, 3.63) is 45.3 Å². The number of nitrogens with one attached hydrogen (secondary N) is 1. The maximum Gasteiger partial charge on any atom is 0.271 e. The van der Waals surface area contributed by atoms with E-state index in [2.05, 4.69) is 38.1 Å². The van der Waals surface area contributed by atoms with Gasteiger partial charge in [0.15, 0.2) is 5.13 Å². The molecule has 0 radical (unpaired) electrons. The van der Waals surface area contributed by atoms with E-state index in [0.29, 0.717) is 16.4 Å². The first-order chi connectivity index (χ1) is 12.2. The highest BCUT2D eigenvalue weighted by molar-refractivity contribution is 7.14. The number of rotatable bonds is 4. The highest BCUT2D eigenvalue weighted by Gasteiger charge is 2.17. The number of carbonyl (C=O) groups excluding carboxylic acids is 1. The lowest BCUT2D eigenvalue weighted by atomic mass is 9.90. The summed E-state index contributed by atoms with van der Waals surface area (Å²) in [5.74, 6) is -0.182. The molecule has 0 fully saturated rings. The Kier molecular flexibility index (Phi) is 4.59. The van der Waals surface area contributed by atoms with Gasteiger partial charge in [-0.2, -0.15) is 0 Å². The Labute approximate surface area is 154 Å². The molecule has 128 valence electrons. The van der Waals surface area contributed by atoms with Crippen molar-refractivity contribution in [2.24, 2.45) is 0 Å². The molecule has 2 aromatic heterocycles. The van der Waals surface area contributed by atoms with E-state index in [1.165, 1.54) is 41.7 Å². The number of hydrogen-bond acceptors (Lipinski definition) is 6. The van der Waals surface area contributed by atoms with Crippen molar-refractivity contribution >= 4 is 33.9 Å². The average molecular weight is 371 g/mol. The van der Waals surface area contributed by atoms with E-state index in [4.69, 9.17) is 0 Å². The Morgan fingerprint density at radius 1 is 1.24 bits per heavy atom. The van der Waals surface area contributed by atoms with Crippen molar-refractivity contribution in [1.29, 1.82) is 0 Å². The van der Waals surface area contributed by atoms with Crippen LogP contribution in [0.25, 0.3) is 11.3 Å². The molecule has 5 nitrogen and oxygen atoms in total. The standard InChI is InChI=1S/C18H18N4OS2/c1-2-14-16(25-22-21-14)17(23)20-18-19-15(10-24-18)13-8-7-11-5-3-4-6-12(11)9-13/h7-10H,2-6H2,1H3,(H,19,20,23). The van der Waals surface area contributed by atoms with Crippen LogP contribution in [0, 0.1) is 0 Å². The van der Waals surface area contributed by atoms with Gasteiger partial charge in [-0.15, -0.1) is 16.4 Å². The van der Waals surface area contributed by atoms with E-state index in [9.17, 15) is 4.79 Å². The van der Waals surface area contributed by atoms with Gasteiger partial charge in [-0.3, -0.25) is 10.1 Å². The van der Waals surface area contributed by atoms with Crippen LogP contribution in [0.3, 0.4) is 0 Å². The lowest BCUT2D eigenvalue weighted by Gasteiger charge is -2.16. The number of aromatic nitrogens is 3. The molecule has 0 saturated heterocycles. The van der Waals surface area contributed by atoms with Crippen LogP contribution in [0.15, 0.2) is 23.6 Å². The molecule has 2 heterocycles. The minimum Gasteiger partial charge on any atom is -0.297 e. The second-order valence-electron chi connectivity index (χ2n) is 6.08. The zero-order valence-corrected chi connectivity index (χ0v) is 15.5. The SMILES string of the molecule is CCc1nnsc1C(=O)Nc1nc(-c2ccc3c(c2)CCCC3)cs1. The quantitative estimate of drug-likeness (QED) is 0.741. The van der Waals surface area contributed by atoms with Crippen LogP contribution in [0.4, 0.5) is 5.13 Å². The summed E-state index contributed by atoms with van der Waals surface area (Å²) >= 11 is 2.57. The molecule has 1 aliphatic rings. The number of amides is 1. The van der Waals surface area contributed by atoms with Crippen molar-refractivity contribution in [2.45, 2.75) is 39.0 Å². The fraction of sp³-hybridized carbons (Fsp3) is 0.333. The van der Waals surface area contributed by atoms with Crippen LogP contribution in [0.5, 0.6) is 0 Å². The molecule has 1 N–H and O–H groups in total. The van der Waals surface area contributed by atoms with Crippen molar-refractivity contribution in [3.63, 3.8) is 0 Å². The van der Waals surface area contributed by atoms with Crippen LogP contribution in [-0.4, -0.2) is 20.5 Å². The van der Waals surface area contributed by atoms with Gasteiger partial charge in [-0.1, -0.05) is 23.5 Å². The van der Waals surface area contributed by atoms with Crippen LogP contribution in [0.1, 0.15) is 46.3 Å². The summed E-state index contributed by atoms with van der Waals surface area (Å²) < 4.78 is 3.86. The first-order valence-corrected chi connectivity index (χ1v) is 10.1. The first-order valence-electron chi connectivity index (χ1n) is 8.45. The molecule has 0 aliphatic heterocycles. The molecule has 0 bridgehead atoms. The second-order valence-corrected chi connectivity index (χ2v) is 7.70. The van der Waals surface area contributed by atoms with Crippen LogP contribution in [0.2, 0.25) is 0 Å². The van der Waals surface area contributed by atoms with Crippen molar-refractivity contribution in [3.8, 4) is 11.3 Å². The molecule has 7 heteroatoms. The van der Waals surface area contributed by atoms with Crippen LogP contribution in [-0.2, 0) is 19.3 Å². The van der Waals surface area contributed by atoms with Crippen LogP contribution < -0.4 is 5.32 Å². The van der Waals surface area contributed by atoms with E-state index in [1.807, 2.05) is 12.3 Å². The molecule has 1 amide bonds. The molecule has 0 saturated carbocycles. The highest BCUT2D eigenvalue weighted by Crippen LogP contribution is 2.30. The van der Waals surface area contributed by atoms with Gasteiger partial charge in [0.1, 0.15) is 4.88 Å². The fourth-order valence-corrected chi connectivity index (χ4v) is 4.48. The predicted octanol–water partition coefficient (Wildman–Crippen LogP) is 4.36. The summed E-state index contributed by atoms with van der Waals surface area (Å²) in [6, 6.07) is 6.60. The topological polar surface area (TPSA) is 67.8 Å². The molecule has 1 aliphatic carbocycles. The van der Waals surface area contributed by atoms with Crippen molar-refractivity contribution in [1.82, 2.24) is 14.6 Å². The molecular formula is C18H18N4OS2.